The summed E-state index contributed by atoms with van der Waals surface area (Å²) in [4.78, 5) is 17.1. The molecule has 1 fully saturated rings. The van der Waals surface area contributed by atoms with Crippen molar-refractivity contribution in [1.29, 1.82) is 0 Å². The first-order chi connectivity index (χ1) is 10.5. The first-order valence-electron chi connectivity index (χ1n) is 7.46. The molecular formula is C15H23Cl2N5OS. The van der Waals surface area contributed by atoms with Crippen LogP contribution in [0, 0.1) is 12.8 Å². The van der Waals surface area contributed by atoms with E-state index in [1.54, 1.807) is 16.0 Å². The summed E-state index contributed by atoms with van der Waals surface area (Å²) in [6, 6.07) is -0.0543. The lowest BCUT2D eigenvalue weighted by Gasteiger charge is -2.19. The van der Waals surface area contributed by atoms with Gasteiger partial charge in [-0.1, -0.05) is 0 Å². The standard InChI is InChI=1S/C15H21N5OS.2ClH/c1-9-8-22-15(18-9)10(2)19-14(21)13-6-16-5-12(13)11-4-17-20(3)7-11;;/h4,7-8,10,12-13,16H,5-6H2,1-3H3,(H,19,21);2*1H/t10?,12-,13+;;/m1../s1. The number of thiazole rings is 1. The van der Waals surface area contributed by atoms with E-state index in [0.717, 1.165) is 22.8 Å². The number of carbonyl (C=O) groups is 1. The third kappa shape index (κ3) is 4.47. The molecule has 9 heteroatoms. The Morgan fingerprint density at radius 1 is 1.46 bits per heavy atom. The maximum atomic E-state index is 12.6. The van der Waals surface area contributed by atoms with Crippen molar-refractivity contribution in [2.45, 2.75) is 25.8 Å². The lowest BCUT2D eigenvalue weighted by molar-refractivity contribution is -0.125. The van der Waals surface area contributed by atoms with E-state index < -0.39 is 0 Å². The Morgan fingerprint density at radius 3 is 2.79 bits per heavy atom. The molecule has 0 aliphatic carbocycles. The van der Waals surface area contributed by atoms with Gasteiger partial charge in [0.1, 0.15) is 5.01 Å². The molecule has 0 aromatic carbocycles. The second-order valence-corrected chi connectivity index (χ2v) is 6.77. The fourth-order valence-corrected chi connectivity index (χ4v) is 3.69. The highest BCUT2D eigenvalue weighted by Gasteiger charge is 2.35. The second kappa shape index (κ2) is 8.80. The molecule has 6 nitrogen and oxygen atoms in total. The zero-order valence-electron chi connectivity index (χ0n) is 13.9. The molecule has 24 heavy (non-hydrogen) atoms. The van der Waals surface area contributed by atoms with Gasteiger partial charge in [0.15, 0.2) is 0 Å². The highest BCUT2D eigenvalue weighted by atomic mass is 35.5. The minimum atomic E-state index is -0.0623. The van der Waals surface area contributed by atoms with Gasteiger partial charge in [0.2, 0.25) is 5.91 Å². The fraction of sp³-hybridized carbons (Fsp3) is 0.533. The van der Waals surface area contributed by atoms with Crippen LogP contribution in [0.1, 0.15) is 35.1 Å². The lowest BCUT2D eigenvalue weighted by Crippen LogP contribution is -2.35. The molecule has 2 aromatic heterocycles. The van der Waals surface area contributed by atoms with Crippen LogP contribution in [0.15, 0.2) is 17.8 Å². The first-order valence-corrected chi connectivity index (χ1v) is 8.34. The molecule has 1 saturated heterocycles. The maximum Gasteiger partial charge on any atom is 0.225 e. The van der Waals surface area contributed by atoms with Crippen molar-refractivity contribution in [2.24, 2.45) is 13.0 Å². The van der Waals surface area contributed by atoms with Crippen LogP contribution in [0.3, 0.4) is 0 Å². The summed E-state index contributed by atoms with van der Waals surface area (Å²) >= 11 is 1.59. The Morgan fingerprint density at radius 2 is 2.21 bits per heavy atom. The summed E-state index contributed by atoms with van der Waals surface area (Å²) < 4.78 is 1.78. The Kier molecular flexibility index (Phi) is 7.66. The average molecular weight is 392 g/mol. The molecular weight excluding hydrogens is 369 g/mol. The van der Waals surface area contributed by atoms with Gasteiger partial charge in [0, 0.05) is 43.3 Å². The molecule has 0 bridgehead atoms. The van der Waals surface area contributed by atoms with Crippen molar-refractivity contribution in [3.63, 3.8) is 0 Å². The monoisotopic (exact) mass is 391 g/mol. The van der Waals surface area contributed by atoms with E-state index >= 15 is 0 Å². The SMILES string of the molecule is Cc1csc(C(C)NC(=O)[C@H]2CNC[C@@H]2c2cnn(C)c2)n1.Cl.Cl. The van der Waals surface area contributed by atoms with Crippen LogP contribution >= 0.6 is 36.2 Å². The molecule has 1 aliphatic heterocycles. The highest BCUT2D eigenvalue weighted by molar-refractivity contribution is 7.09. The Bertz CT molecular complexity index is 674. The molecule has 3 rings (SSSR count). The van der Waals surface area contributed by atoms with E-state index in [2.05, 4.69) is 20.7 Å². The normalized spacial score (nSPS) is 20.8. The molecule has 0 spiro atoms. The minimum absolute atomic E-state index is 0. The van der Waals surface area contributed by atoms with Crippen LogP contribution in [0.4, 0.5) is 0 Å². The van der Waals surface area contributed by atoms with Crippen molar-refractivity contribution < 1.29 is 4.79 Å². The number of aryl methyl sites for hydroxylation is 2. The molecule has 2 aromatic rings. The number of carbonyl (C=O) groups excluding carboxylic acids is 1. The number of amides is 1. The van der Waals surface area contributed by atoms with Gasteiger partial charge in [0.05, 0.1) is 18.2 Å². The minimum Gasteiger partial charge on any atom is -0.347 e. The number of hydrogen-bond donors (Lipinski definition) is 2. The van der Waals surface area contributed by atoms with E-state index in [1.807, 2.05) is 38.7 Å². The van der Waals surface area contributed by atoms with E-state index in [4.69, 9.17) is 0 Å². The van der Waals surface area contributed by atoms with Crippen LogP contribution in [0.2, 0.25) is 0 Å². The van der Waals surface area contributed by atoms with Crippen molar-refractivity contribution >= 4 is 42.1 Å². The Hall–Kier alpha value is -1.15. The summed E-state index contributed by atoms with van der Waals surface area (Å²) in [6.07, 6.45) is 3.84. The third-order valence-corrected chi connectivity index (χ3v) is 5.22. The van der Waals surface area contributed by atoms with E-state index in [1.165, 1.54) is 0 Å². The van der Waals surface area contributed by atoms with Gasteiger partial charge in [-0.05, 0) is 19.4 Å². The first kappa shape index (κ1) is 20.9. The van der Waals surface area contributed by atoms with Gasteiger partial charge in [-0.15, -0.1) is 36.2 Å². The zero-order valence-corrected chi connectivity index (χ0v) is 16.3. The summed E-state index contributed by atoms with van der Waals surface area (Å²) in [5.41, 5.74) is 2.11. The summed E-state index contributed by atoms with van der Waals surface area (Å²) in [7, 11) is 1.90. The number of halogens is 2. The molecule has 1 aliphatic rings. The Balaban J connectivity index is 0.00000144. The smallest absolute Gasteiger partial charge is 0.225 e. The predicted octanol–water partition coefficient (Wildman–Crippen LogP) is 2.21. The molecule has 0 radical (unpaired) electrons. The number of aromatic nitrogens is 3. The van der Waals surface area contributed by atoms with E-state index in [0.29, 0.717) is 6.54 Å². The van der Waals surface area contributed by atoms with Gasteiger partial charge >= 0.3 is 0 Å². The summed E-state index contributed by atoms with van der Waals surface area (Å²) in [6.45, 7) is 5.47. The average Bonchev–Trinajstić information content (AvgIpc) is 3.17. The van der Waals surface area contributed by atoms with E-state index in [9.17, 15) is 4.79 Å². The van der Waals surface area contributed by atoms with E-state index in [-0.39, 0.29) is 48.6 Å². The predicted molar refractivity (Wildman–Crippen MR) is 100 cm³/mol. The van der Waals surface area contributed by atoms with Crippen molar-refractivity contribution in [1.82, 2.24) is 25.4 Å². The number of nitrogens with zero attached hydrogens (tertiary/aromatic N) is 3. The van der Waals surface area contributed by atoms with Gasteiger partial charge < -0.3 is 10.6 Å². The number of nitrogens with one attached hydrogen (secondary N) is 2. The number of hydrogen-bond acceptors (Lipinski definition) is 5. The summed E-state index contributed by atoms with van der Waals surface area (Å²) in [5, 5.41) is 13.6. The third-order valence-electron chi connectivity index (χ3n) is 4.07. The van der Waals surface area contributed by atoms with Gasteiger partial charge in [-0.25, -0.2) is 4.98 Å². The van der Waals surface area contributed by atoms with Crippen molar-refractivity contribution in [3.05, 3.63) is 34.0 Å². The molecule has 2 N–H and O–H groups in total. The second-order valence-electron chi connectivity index (χ2n) is 5.88. The van der Waals surface area contributed by atoms with Crippen LogP contribution in [-0.4, -0.2) is 33.8 Å². The lowest BCUT2D eigenvalue weighted by atomic mass is 9.90. The molecule has 0 saturated carbocycles. The van der Waals surface area contributed by atoms with Crippen LogP contribution in [-0.2, 0) is 11.8 Å². The van der Waals surface area contributed by atoms with Crippen LogP contribution in [0.25, 0.3) is 0 Å². The topological polar surface area (TPSA) is 71.8 Å². The fourth-order valence-electron chi connectivity index (χ4n) is 2.89. The number of rotatable bonds is 4. The van der Waals surface area contributed by atoms with Crippen molar-refractivity contribution in [2.75, 3.05) is 13.1 Å². The zero-order chi connectivity index (χ0) is 15.7. The Labute approximate surface area is 158 Å². The molecule has 134 valence electrons. The van der Waals surface area contributed by atoms with Crippen LogP contribution in [0.5, 0.6) is 0 Å². The molecule has 1 unspecified atom stereocenters. The molecule has 3 atom stereocenters. The van der Waals surface area contributed by atoms with Crippen LogP contribution < -0.4 is 10.6 Å². The largest absolute Gasteiger partial charge is 0.347 e. The summed E-state index contributed by atoms with van der Waals surface area (Å²) in [5.74, 6) is 0.200. The molecule has 3 heterocycles. The van der Waals surface area contributed by atoms with Gasteiger partial charge in [0.25, 0.3) is 0 Å². The highest BCUT2D eigenvalue weighted by Crippen LogP contribution is 2.28. The van der Waals surface area contributed by atoms with Crippen molar-refractivity contribution in [3.8, 4) is 0 Å². The van der Waals surface area contributed by atoms with Gasteiger partial charge in [-0.2, -0.15) is 5.10 Å². The quantitative estimate of drug-likeness (QED) is 0.837. The maximum absolute atomic E-state index is 12.6. The van der Waals surface area contributed by atoms with Gasteiger partial charge in [-0.3, -0.25) is 9.48 Å². The molecule has 1 amide bonds.